The zero-order chi connectivity index (χ0) is 21.8. The lowest BCUT2D eigenvalue weighted by Gasteiger charge is -2.39. The molecule has 0 spiro atoms. The lowest BCUT2D eigenvalue weighted by Crippen LogP contribution is -2.59. The number of fused-ring (bicyclic) bond motifs is 2. The minimum Gasteiger partial charge on any atom is -0.477 e. The van der Waals surface area contributed by atoms with Gasteiger partial charge < -0.3 is 14.9 Å². The second-order valence-corrected chi connectivity index (χ2v) is 14.3. The van der Waals surface area contributed by atoms with E-state index in [4.69, 9.17) is 0 Å². The number of aromatic carboxylic acids is 1. The molecule has 1 aromatic heterocycles. The monoisotopic (exact) mass is 436 g/mol. The Kier molecular flexibility index (Phi) is 5.02. The summed E-state index contributed by atoms with van der Waals surface area (Å²) in [6, 6.07) is 17.3. The Labute approximate surface area is 183 Å². The van der Waals surface area contributed by atoms with Crippen LogP contribution in [0.15, 0.2) is 48.5 Å². The molecule has 6 heteroatoms. The van der Waals surface area contributed by atoms with Gasteiger partial charge in [0.05, 0.1) is 0 Å². The summed E-state index contributed by atoms with van der Waals surface area (Å²) in [4.78, 5) is 17.3. The molecule has 0 radical (unpaired) electrons. The zero-order valence-corrected chi connectivity index (χ0v) is 20.2. The summed E-state index contributed by atoms with van der Waals surface area (Å²) < 4.78 is 0. The third-order valence-corrected chi connectivity index (χ3v) is 10.9. The van der Waals surface area contributed by atoms with Gasteiger partial charge in [-0.25, -0.2) is 4.79 Å². The van der Waals surface area contributed by atoms with Crippen molar-refractivity contribution in [1.29, 1.82) is 0 Å². The highest BCUT2D eigenvalue weighted by molar-refractivity contribution is 7.14. The maximum Gasteiger partial charge on any atom is 0.345 e. The number of hydrogen-bond donors (Lipinski definition) is 1. The molecule has 0 fully saturated rings. The molecule has 0 atom stereocenters. The predicted molar refractivity (Wildman–Crippen MR) is 131 cm³/mol. The lowest BCUT2D eigenvalue weighted by molar-refractivity contribution is 0.0702. The van der Waals surface area contributed by atoms with Crippen LogP contribution in [0.2, 0.25) is 13.1 Å². The molecule has 1 aliphatic rings. The van der Waals surface area contributed by atoms with Crippen LogP contribution in [-0.2, 0) is 0 Å². The van der Waals surface area contributed by atoms with E-state index in [1.54, 1.807) is 6.07 Å². The van der Waals surface area contributed by atoms with Gasteiger partial charge in [0.1, 0.15) is 13.0 Å². The van der Waals surface area contributed by atoms with E-state index in [0.29, 0.717) is 4.88 Å². The quantitative estimate of drug-likeness (QED) is 0.630. The molecular formula is C24H28N2O2SSi. The van der Waals surface area contributed by atoms with E-state index in [1.807, 2.05) is 6.07 Å². The normalized spacial score (nSPS) is 14.7. The molecule has 2 aromatic carbocycles. The van der Waals surface area contributed by atoms with Crippen LogP contribution < -0.4 is 20.2 Å². The van der Waals surface area contributed by atoms with Crippen LogP contribution in [0.25, 0.3) is 0 Å². The van der Waals surface area contributed by atoms with Crippen molar-refractivity contribution in [2.75, 3.05) is 38.0 Å². The molecule has 2 heterocycles. The number of nitrogens with zero attached hydrogens (tertiary/aromatic N) is 2. The fourth-order valence-corrected chi connectivity index (χ4v) is 8.66. The van der Waals surface area contributed by atoms with Crippen molar-refractivity contribution in [3.63, 3.8) is 0 Å². The number of carbonyl (C=O) groups is 1. The summed E-state index contributed by atoms with van der Waals surface area (Å²) in [5, 5.41) is 12.3. The first kappa shape index (κ1) is 20.7. The number of hydrogen-bond acceptors (Lipinski definition) is 4. The Morgan fingerprint density at radius 2 is 1.37 bits per heavy atom. The van der Waals surface area contributed by atoms with E-state index < -0.39 is 14.0 Å². The molecule has 1 N–H and O–H groups in total. The SMILES string of the molecule is CN(C)c1ccc2c(c1)[Si](C)(C)c1cc(N(C)C)ccc1C2c1ccc(C(=O)O)s1. The van der Waals surface area contributed by atoms with Crippen LogP contribution in [0.4, 0.5) is 11.4 Å². The highest BCUT2D eigenvalue weighted by Crippen LogP contribution is 2.40. The van der Waals surface area contributed by atoms with Gasteiger partial charge in [-0.3, -0.25) is 0 Å². The van der Waals surface area contributed by atoms with Crippen molar-refractivity contribution in [1.82, 2.24) is 0 Å². The molecule has 0 saturated heterocycles. The number of rotatable bonds is 4. The molecule has 156 valence electrons. The first-order chi connectivity index (χ1) is 14.1. The first-order valence-electron chi connectivity index (χ1n) is 10.1. The average molecular weight is 437 g/mol. The number of carboxylic acids is 1. The molecule has 0 amide bonds. The van der Waals surface area contributed by atoms with E-state index in [0.717, 1.165) is 4.88 Å². The van der Waals surface area contributed by atoms with Gasteiger partial charge in [0.2, 0.25) is 0 Å². The summed E-state index contributed by atoms with van der Waals surface area (Å²) in [6.07, 6.45) is 0. The molecule has 0 bridgehead atoms. The van der Waals surface area contributed by atoms with Gasteiger partial charge in [-0.2, -0.15) is 0 Å². The van der Waals surface area contributed by atoms with Gasteiger partial charge in [0.25, 0.3) is 0 Å². The molecule has 0 saturated carbocycles. The molecule has 3 aromatic rings. The summed E-state index contributed by atoms with van der Waals surface area (Å²) in [7, 11) is 6.36. The Morgan fingerprint density at radius 1 is 0.867 bits per heavy atom. The molecule has 30 heavy (non-hydrogen) atoms. The van der Waals surface area contributed by atoms with Gasteiger partial charge in [0, 0.05) is 50.4 Å². The second kappa shape index (κ2) is 7.29. The van der Waals surface area contributed by atoms with Gasteiger partial charge in [-0.05, 0) is 57.9 Å². The Balaban J connectivity index is 2.00. The van der Waals surface area contributed by atoms with Crippen molar-refractivity contribution in [2.24, 2.45) is 0 Å². The van der Waals surface area contributed by atoms with E-state index in [-0.39, 0.29) is 5.92 Å². The summed E-state index contributed by atoms with van der Waals surface area (Å²) in [6.45, 7) is 4.85. The van der Waals surface area contributed by atoms with Gasteiger partial charge in [-0.15, -0.1) is 11.3 Å². The molecular weight excluding hydrogens is 408 g/mol. The fraction of sp³-hybridized carbons (Fsp3) is 0.292. The minimum atomic E-state index is -1.94. The Bertz CT molecular complexity index is 1070. The number of thiophene rings is 1. The standard InChI is InChI=1S/C24H28N2O2SSi/c1-25(2)15-7-9-17-21(13-15)30(5,6)22-14-16(26(3)4)8-10-18(22)23(17)19-11-12-20(29-19)24(27)28/h7-14,23H,1-6H3,(H,27,28). The fourth-order valence-electron chi connectivity index (χ4n) is 4.47. The van der Waals surface area contributed by atoms with Gasteiger partial charge in [0.15, 0.2) is 0 Å². The van der Waals surface area contributed by atoms with Crippen LogP contribution in [0.1, 0.15) is 31.6 Å². The molecule has 0 aliphatic carbocycles. The number of anilines is 2. The smallest absolute Gasteiger partial charge is 0.345 e. The topological polar surface area (TPSA) is 43.8 Å². The Hall–Kier alpha value is -2.57. The highest BCUT2D eigenvalue weighted by Gasteiger charge is 2.40. The lowest BCUT2D eigenvalue weighted by atomic mass is 9.88. The van der Waals surface area contributed by atoms with Crippen LogP contribution in [-0.4, -0.2) is 47.3 Å². The van der Waals surface area contributed by atoms with Crippen LogP contribution in [0.5, 0.6) is 0 Å². The van der Waals surface area contributed by atoms with Crippen molar-refractivity contribution in [3.8, 4) is 0 Å². The minimum absolute atomic E-state index is 0.0704. The molecule has 4 rings (SSSR count). The largest absolute Gasteiger partial charge is 0.477 e. The van der Waals surface area contributed by atoms with Crippen molar-refractivity contribution >= 4 is 47.1 Å². The Morgan fingerprint density at radius 3 is 1.77 bits per heavy atom. The van der Waals surface area contributed by atoms with Crippen LogP contribution in [0, 0.1) is 0 Å². The van der Waals surface area contributed by atoms with Gasteiger partial charge in [-0.1, -0.05) is 25.2 Å². The number of benzene rings is 2. The third kappa shape index (κ3) is 3.24. The molecule has 4 nitrogen and oxygen atoms in total. The maximum absolute atomic E-state index is 11.5. The third-order valence-electron chi connectivity index (χ3n) is 6.20. The van der Waals surface area contributed by atoms with Crippen molar-refractivity contribution < 1.29 is 9.90 Å². The first-order valence-corrected chi connectivity index (χ1v) is 13.9. The van der Waals surface area contributed by atoms with E-state index in [2.05, 4.69) is 87.5 Å². The maximum atomic E-state index is 11.5. The predicted octanol–water partition coefficient (Wildman–Crippen LogP) is 3.89. The molecule has 1 aliphatic heterocycles. The van der Waals surface area contributed by atoms with E-state index in [9.17, 15) is 9.90 Å². The number of carboxylic acid groups (broad SMARTS) is 1. The van der Waals surface area contributed by atoms with E-state index in [1.165, 1.54) is 44.2 Å². The van der Waals surface area contributed by atoms with Crippen LogP contribution >= 0.6 is 11.3 Å². The average Bonchev–Trinajstić information content (AvgIpc) is 3.17. The second-order valence-electron chi connectivity index (χ2n) is 8.90. The zero-order valence-electron chi connectivity index (χ0n) is 18.4. The molecule has 0 unspecified atom stereocenters. The van der Waals surface area contributed by atoms with Crippen LogP contribution in [0.3, 0.4) is 0 Å². The summed E-state index contributed by atoms with van der Waals surface area (Å²) in [5.41, 5.74) is 5.05. The van der Waals surface area contributed by atoms with Gasteiger partial charge >= 0.3 is 5.97 Å². The van der Waals surface area contributed by atoms with Crippen molar-refractivity contribution in [2.45, 2.75) is 19.0 Å². The van der Waals surface area contributed by atoms with Crippen molar-refractivity contribution in [3.05, 3.63) is 69.4 Å². The summed E-state index contributed by atoms with van der Waals surface area (Å²) >= 11 is 1.39. The summed E-state index contributed by atoms with van der Waals surface area (Å²) in [5.74, 6) is -0.788. The highest BCUT2D eigenvalue weighted by atomic mass is 32.1. The van der Waals surface area contributed by atoms with E-state index >= 15 is 0 Å².